The molecule has 4 rings (SSSR count). The van der Waals surface area contributed by atoms with Crippen molar-refractivity contribution < 1.29 is 4.79 Å². The molecule has 0 N–H and O–H groups in total. The number of aromatic nitrogens is 1. The normalized spacial score (nSPS) is 19.7. The lowest BCUT2D eigenvalue weighted by Gasteiger charge is -2.39. The van der Waals surface area contributed by atoms with Gasteiger partial charge in [0, 0.05) is 36.1 Å². The Bertz CT molecular complexity index is 905. The molecule has 1 aliphatic rings. The first-order valence-corrected chi connectivity index (χ1v) is 9.41. The topological polar surface area (TPSA) is 25.2 Å². The van der Waals surface area contributed by atoms with Gasteiger partial charge in [0.05, 0.1) is 0 Å². The van der Waals surface area contributed by atoms with Crippen LogP contribution in [0.3, 0.4) is 0 Å². The first-order chi connectivity index (χ1) is 12.7. The molecular formula is C23H26N2O. The fourth-order valence-corrected chi connectivity index (χ4v) is 4.09. The van der Waals surface area contributed by atoms with Gasteiger partial charge in [-0.15, -0.1) is 0 Å². The molecule has 0 saturated heterocycles. The molecule has 0 aliphatic heterocycles. The number of hydrogen-bond donors (Lipinski definition) is 0. The van der Waals surface area contributed by atoms with Crippen molar-refractivity contribution in [3.63, 3.8) is 0 Å². The van der Waals surface area contributed by atoms with E-state index in [1.807, 2.05) is 0 Å². The Morgan fingerprint density at radius 2 is 1.85 bits per heavy atom. The van der Waals surface area contributed by atoms with E-state index in [0.717, 1.165) is 18.4 Å². The number of rotatable bonds is 6. The highest BCUT2D eigenvalue weighted by molar-refractivity contribution is 5.86. The van der Waals surface area contributed by atoms with E-state index in [2.05, 4.69) is 78.3 Å². The summed E-state index contributed by atoms with van der Waals surface area (Å²) in [5.41, 5.74) is 5.14. The van der Waals surface area contributed by atoms with Crippen LogP contribution in [0.2, 0.25) is 0 Å². The standard InChI is InChI=1S/C23H26N2O/c1-24(2)20-13-19(14-20)22-16-25(15-18-6-4-3-5-7-18)23-9-8-17(10-11-26)12-21(22)23/h3-9,11-12,16,19-20H,10,13-15H2,1-2H3. The monoisotopic (exact) mass is 346 g/mol. The van der Waals surface area contributed by atoms with Crippen molar-refractivity contribution >= 4 is 17.2 Å². The first kappa shape index (κ1) is 17.0. The van der Waals surface area contributed by atoms with E-state index in [-0.39, 0.29) is 0 Å². The molecule has 2 aromatic carbocycles. The number of fused-ring (bicyclic) bond motifs is 1. The van der Waals surface area contributed by atoms with Crippen LogP contribution in [0, 0.1) is 0 Å². The highest BCUT2D eigenvalue weighted by Gasteiger charge is 2.33. The number of carbonyl (C=O) groups is 1. The average molecular weight is 346 g/mol. The molecule has 1 saturated carbocycles. The van der Waals surface area contributed by atoms with Crippen molar-refractivity contribution in [2.45, 2.75) is 37.8 Å². The third-order valence-corrected chi connectivity index (χ3v) is 5.77. The number of nitrogens with zero attached hydrogens (tertiary/aromatic N) is 2. The van der Waals surface area contributed by atoms with Crippen LogP contribution in [0.4, 0.5) is 0 Å². The van der Waals surface area contributed by atoms with E-state index >= 15 is 0 Å². The van der Waals surface area contributed by atoms with Gasteiger partial charge >= 0.3 is 0 Å². The molecule has 0 radical (unpaired) electrons. The zero-order valence-corrected chi connectivity index (χ0v) is 15.6. The second kappa shape index (κ2) is 7.08. The van der Waals surface area contributed by atoms with Gasteiger partial charge in [-0.2, -0.15) is 0 Å². The number of aldehydes is 1. The molecule has 3 aromatic rings. The minimum atomic E-state index is 0.490. The molecule has 1 heterocycles. The molecule has 1 aliphatic carbocycles. The van der Waals surface area contributed by atoms with Crippen molar-refractivity contribution in [1.29, 1.82) is 0 Å². The van der Waals surface area contributed by atoms with Gasteiger partial charge in [-0.1, -0.05) is 36.4 Å². The van der Waals surface area contributed by atoms with Crippen LogP contribution in [-0.2, 0) is 17.8 Å². The maximum atomic E-state index is 11.0. The molecule has 0 spiro atoms. The van der Waals surface area contributed by atoms with Crippen molar-refractivity contribution in [3.8, 4) is 0 Å². The summed E-state index contributed by atoms with van der Waals surface area (Å²) in [6, 6.07) is 17.8. The summed E-state index contributed by atoms with van der Waals surface area (Å²) in [5.74, 6) is 0.619. The Morgan fingerprint density at radius 3 is 2.54 bits per heavy atom. The molecular weight excluding hydrogens is 320 g/mol. The smallest absolute Gasteiger partial charge is 0.124 e. The SMILES string of the molecule is CN(C)C1CC(c2cn(Cc3ccccc3)c3ccc(CC=O)cc23)C1. The Morgan fingerprint density at radius 1 is 1.08 bits per heavy atom. The summed E-state index contributed by atoms with van der Waals surface area (Å²) < 4.78 is 2.37. The zero-order chi connectivity index (χ0) is 18.1. The third kappa shape index (κ3) is 3.19. The van der Waals surface area contributed by atoms with Crippen LogP contribution in [-0.4, -0.2) is 35.9 Å². The van der Waals surface area contributed by atoms with E-state index in [4.69, 9.17) is 0 Å². The van der Waals surface area contributed by atoms with Crippen LogP contribution in [0.15, 0.2) is 54.7 Å². The number of hydrogen-bond acceptors (Lipinski definition) is 2. The van der Waals surface area contributed by atoms with Gasteiger partial charge in [0.25, 0.3) is 0 Å². The third-order valence-electron chi connectivity index (χ3n) is 5.77. The van der Waals surface area contributed by atoms with Gasteiger partial charge in [0.1, 0.15) is 6.29 Å². The molecule has 0 amide bonds. The Balaban J connectivity index is 1.72. The molecule has 0 unspecified atom stereocenters. The van der Waals surface area contributed by atoms with Crippen molar-refractivity contribution in [2.24, 2.45) is 0 Å². The summed E-state index contributed by atoms with van der Waals surface area (Å²) in [5, 5.41) is 1.32. The molecule has 0 atom stereocenters. The zero-order valence-electron chi connectivity index (χ0n) is 15.6. The van der Waals surface area contributed by atoms with Crippen LogP contribution < -0.4 is 0 Å². The van der Waals surface area contributed by atoms with Gasteiger partial charge in [0.15, 0.2) is 0 Å². The molecule has 1 aromatic heterocycles. The highest BCUT2D eigenvalue weighted by Crippen LogP contribution is 2.42. The highest BCUT2D eigenvalue weighted by atomic mass is 16.1. The summed E-state index contributed by atoms with van der Waals surface area (Å²) in [6.07, 6.45) is 6.26. The van der Waals surface area contributed by atoms with Gasteiger partial charge in [-0.3, -0.25) is 0 Å². The molecule has 134 valence electrons. The Labute approximate surface area is 155 Å². The fraction of sp³-hybridized carbons (Fsp3) is 0.348. The molecule has 0 bridgehead atoms. The maximum absolute atomic E-state index is 11.0. The van der Waals surface area contributed by atoms with Gasteiger partial charge in [-0.25, -0.2) is 0 Å². The van der Waals surface area contributed by atoms with E-state index in [1.54, 1.807) is 0 Å². The minimum Gasteiger partial charge on any atom is -0.343 e. The van der Waals surface area contributed by atoms with Gasteiger partial charge < -0.3 is 14.3 Å². The second-order valence-corrected chi connectivity index (χ2v) is 7.71. The second-order valence-electron chi connectivity index (χ2n) is 7.71. The lowest BCUT2D eigenvalue weighted by Crippen LogP contribution is -2.39. The predicted molar refractivity (Wildman–Crippen MR) is 107 cm³/mol. The lowest BCUT2D eigenvalue weighted by molar-refractivity contribution is -0.107. The van der Waals surface area contributed by atoms with E-state index in [9.17, 15) is 4.79 Å². The number of benzene rings is 2. The Kier molecular flexibility index (Phi) is 4.64. The summed E-state index contributed by atoms with van der Waals surface area (Å²) in [7, 11) is 4.34. The van der Waals surface area contributed by atoms with Crippen LogP contribution in [0.5, 0.6) is 0 Å². The van der Waals surface area contributed by atoms with Gasteiger partial charge in [-0.05, 0) is 61.7 Å². The van der Waals surface area contributed by atoms with E-state index in [0.29, 0.717) is 18.4 Å². The Hall–Kier alpha value is -2.39. The summed E-state index contributed by atoms with van der Waals surface area (Å²) in [6.45, 7) is 0.883. The van der Waals surface area contributed by atoms with E-state index in [1.165, 1.54) is 34.9 Å². The number of carbonyl (C=O) groups excluding carboxylic acids is 1. The van der Waals surface area contributed by atoms with Crippen LogP contribution >= 0.6 is 0 Å². The molecule has 26 heavy (non-hydrogen) atoms. The lowest BCUT2D eigenvalue weighted by atomic mass is 9.75. The van der Waals surface area contributed by atoms with Crippen molar-refractivity contribution in [3.05, 3.63) is 71.4 Å². The summed E-state index contributed by atoms with van der Waals surface area (Å²) in [4.78, 5) is 13.3. The predicted octanol–water partition coefficient (Wildman–Crippen LogP) is 4.24. The summed E-state index contributed by atoms with van der Waals surface area (Å²) >= 11 is 0. The maximum Gasteiger partial charge on any atom is 0.124 e. The van der Waals surface area contributed by atoms with Gasteiger partial charge in [0.2, 0.25) is 0 Å². The molecule has 3 heteroatoms. The molecule has 1 fully saturated rings. The van der Waals surface area contributed by atoms with E-state index < -0.39 is 0 Å². The quantitative estimate of drug-likeness (QED) is 0.624. The molecule has 3 nitrogen and oxygen atoms in total. The van der Waals surface area contributed by atoms with Crippen molar-refractivity contribution in [1.82, 2.24) is 9.47 Å². The average Bonchev–Trinajstić information content (AvgIpc) is 2.92. The largest absolute Gasteiger partial charge is 0.343 e. The first-order valence-electron chi connectivity index (χ1n) is 9.41. The van der Waals surface area contributed by atoms with Crippen molar-refractivity contribution in [2.75, 3.05) is 14.1 Å². The van der Waals surface area contributed by atoms with Crippen LogP contribution in [0.1, 0.15) is 35.4 Å². The minimum absolute atomic E-state index is 0.490. The fourth-order valence-electron chi connectivity index (χ4n) is 4.09. The van der Waals surface area contributed by atoms with Crippen LogP contribution in [0.25, 0.3) is 10.9 Å².